The normalized spacial score (nSPS) is 16.4. The third-order valence-corrected chi connectivity index (χ3v) is 4.39. The Kier molecular flexibility index (Phi) is 5.97. The zero-order chi connectivity index (χ0) is 15.2. The van der Waals surface area contributed by atoms with E-state index in [4.69, 9.17) is 4.98 Å². The van der Waals surface area contributed by atoms with Crippen LogP contribution in [0.2, 0.25) is 0 Å². The summed E-state index contributed by atoms with van der Waals surface area (Å²) in [7, 11) is 4.16. The molecule has 0 amide bonds. The van der Waals surface area contributed by atoms with Crippen molar-refractivity contribution in [2.45, 2.75) is 58.4 Å². The Hall–Kier alpha value is -1.16. The SMILES string of the molecule is CNCc1nc(C(C)C)ncc1N(C)CC1CCCCC1. The van der Waals surface area contributed by atoms with Crippen LogP contribution in [0, 0.1) is 5.92 Å². The summed E-state index contributed by atoms with van der Waals surface area (Å²) in [6, 6.07) is 0. The number of aromatic nitrogens is 2. The molecule has 1 saturated carbocycles. The van der Waals surface area contributed by atoms with Gasteiger partial charge in [0, 0.05) is 26.1 Å². The van der Waals surface area contributed by atoms with E-state index in [9.17, 15) is 0 Å². The largest absolute Gasteiger partial charge is 0.372 e. The minimum atomic E-state index is 0.373. The molecule has 4 nitrogen and oxygen atoms in total. The summed E-state index contributed by atoms with van der Waals surface area (Å²) < 4.78 is 0. The van der Waals surface area contributed by atoms with Crippen molar-refractivity contribution in [2.75, 3.05) is 25.5 Å². The lowest BCUT2D eigenvalue weighted by Crippen LogP contribution is -2.29. The Bertz CT molecular complexity index is 438. The van der Waals surface area contributed by atoms with E-state index >= 15 is 0 Å². The molecule has 0 spiro atoms. The summed E-state index contributed by atoms with van der Waals surface area (Å²) in [5, 5.41) is 3.23. The summed E-state index contributed by atoms with van der Waals surface area (Å²) in [5.74, 6) is 2.14. The summed E-state index contributed by atoms with van der Waals surface area (Å²) in [6.45, 7) is 6.21. The van der Waals surface area contributed by atoms with Crippen molar-refractivity contribution in [3.8, 4) is 0 Å². The molecule has 4 heteroatoms. The molecule has 118 valence electrons. The van der Waals surface area contributed by atoms with Crippen LogP contribution in [0.25, 0.3) is 0 Å². The van der Waals surface area contributed by atoms with Crippen molar-refractivity contribution < 1.29 is 0 Å². The Balaban J connectivity index is 2.12. The average Bonchev–Trinajstić information content (AvgIpc) is 2.48. The fraction of sp³-hybridized carbons (Fsp3) is 0.765. The molecule has 0 aliphatic heterocycles. The second-order valence-electron chi connectivity index (χ2n) is 6.63. The Morgan fingerprint density at radius 1 is 1.29 bits per heavy atom. The van der Waals surface area contributed by atoms with Crippen LogP contribution in [0.15, 0.2) is 6.20 Å². The first-order valence-electron chi connectivity index (χ1n) is 8.33. The quantitative estimate of drug-likeness (QED) is 0.872. The van der Waals surface area contributed by atoms with Gasteiger partial charge in [0.1, 0.15) is 5.82 Å². The molecular formula is C17H30N4. The maximum Gasteiger partial charge on any atom is 0.131 e. The second kappa shape index (κ2) is 7.74. The van der Waals surface area contributed by atoms with Crippen molar-refractivity contribution in [3.05, 3.63) is 17.7 Å². The summed E-state index contributed by atoms with van der Waals surface area (Å²) in [4.78, 5) is 11.7. The molecule has 1 fully saturated rings. The number of rotatable bonds is 6. The molecule has 0 atom stereocenters. The van der Waals surface area contributed by atoms with Gasteiger partial charge in [-0.15, -0.1) is 0 Å². The summed E-state index contributed by atoms with van der Waals surface area (Å²) in [6.07, 6.45) is 8.96. The maximum absolute atomic E-state index is 4.76. The van der Waals surface area contributed by atoms with E-state index in [1.54, 1.807) is 0 Å². The number of hydrogen-bond acceptors (Lipinski definition) is 4. The van der Waals surface area contributed by atoms with Gasteiger partial charge in [0.25, 0.3) is 0 Å². The Morgan fingerprint density at radius 3 is 2.62 bits per heavy atom. The van der Waals surface area contributed by atoms with Crippen molar-refractivity contribution >= 4 is 5.69 Å². The molecule has 2 rings (SSSR count). The number of nitrogens with one attached hydrogen (secondary N) is 1. The molecule has 21 heavy (non-hydrogen) atoms. The highest BCUT2D eigenvalue weighted by atomic mass is 15.1. The lowest BCUT2D eigenvalue weighted by Gasteiger charge is -2.29. The lowest BCUT2D eigenvalue weighted by atomic mass is 9.89. The van der Waals surface area contributed by atoms with Gasteiger partial charge in [0.2, 0.25) is 0 Å². The van der Waals surface area contributed by atoms with E-state index in [2.05, 4.69) is 36.1 Å². The van der Waals surface area contributed by atoms with Gasteiger partial charge >= 0.3 is 0 Å². The van der Waals surface area contributed by atoms with Gasteiger partial charge in [0.05, 0.1) is 17.6 Å². The highest BCUT2D eigenvalue weighted by Gasteiger charge is 2.18. The summed E-state index contributed by atoms with van der Waals surface area (Å²) >= 11 is 0. The van der Waals surface area contributed by atoms with Gasteiger partial charge in [-0.25, -0.2) is 9.97 Å². The third-order valence-electron chi connectivity index (χ3n) is 4.39. The smallest absolute Gasteiger partial charge is 0.131 e. The van der Waals surface area contributed by atoms with Crippen LogP contribution in [0.1, 0.15) is 63.4 Å². The number of anilines is 1. The first-order chi connectivity index (χ1) is 10.1. The van der Waals surface area contributed by atoms with Crippen LogP contribution in [0.4, 0.5) is 5.69 Å². The minimum absolute atomic E-state index is 0.373. The molecule has 0 unspecified atom stereocenters. The first kappa shape index (κ1) is 16.2. The van der Waals surface area contributed by atoms with Crippen molar-refractivity contribution in [2.24, 2.45) is 5.92 Å². The second-order valence-corrected chi connectivity index (χ2v) is 6.63. The van der Waals surface area contributed by atoms with E-state index in [0.29, 0.717) is 5.92 Å². The van der Waals surface area contributed by atoms with Crippen LogP contribution < -0.4 is 10.2 Å². The summed E-state index contributed by atoms with van der Waals surface area (Å²) in [5.41, 5.74) is 2.30. The highest BCUT2D eigenvalue weighted by molar-refractivity contribution is 5.48. The van der Waals surface area contributed by atoms with E-state index < -0.39 is 0 Å². The van der Waals surface area contributed by atoms with Crippen LogP contribution in [-0.4, -0.2) is 30.6 Å². The van der Waals surface area contributed by atoms with Crippen LogP contribution in [-0.2, 0) is 6.54 Å². The monoisotopic (exact) mass is 290 g/mol. The highest BCUT2D eigenvalue weighted by Crippen LogP contribution is 2.27. The first-order valence-corrected chi connectivity index (χ1v) is 8.33. The van der Waals surface area contributed by atoms with Gasteiger partial charge in [0.15, 0.2) is 0 Å². The molecule has 1 N–H and O–H groups in total. The minimum Gasteiger partial charge on any atom is -0.372 e. The van der Waals surface area contributed by atoms with E-state index in [-0.39, 0.29) is 0 Å². The standard InChI is InChI=1S/C17H30N4/c1-13(2)17-19-11-16(15(20-17)10-18-3)21(4)12-14-8-6-5-7-9-14/h11,13-14,18H,5-10,12H2,1-4H3. The molecule has 1 aromatic heterocycles. The zero-order valence-electron chi connectivity index (χ0n) is 14.0. The van der Waals surface area contributed by atoms with Gasteiger partial charge in [-0.2, -0.15) is 0 Å². The molecule has 0 radical (unpaired) electrons. The average molecular weight is 290 g/mol. The van der Waals surface area contributed by atoms with Gasteiger partial charge in [-0.05, 0) is 25.8 Å². The van der Waals surface area contributed by atoms with E-state index in [0.717, 1.165) is 30.5 Å². The third kappa shape index (κ3) is 4.40. The Labute approximate surface area is 129 Å². The van der Waals surface area contributed by atoms with Gasteiger partial charge in [-0.1, -0.05) is 33.1 Å². The predicted octanol–water partition coefficient (Wildman–Crippen LogP) is 3.34. The van der Waals surface area contributed by atoms with Crippen LogP contribution >= 0.6 is 0 Å². The zero-order valence-corrected chi connectivity index (χ0v) is 14.0. The lowest BCUT2D eigenvalue weighted by molar-refractivity contribution is 0.362. The molecule has 1 aliphatic rings. The molecule has 1 aromatic rings. The van der Waals surface area contributed by atoms with Crippen molar-refractivity contribution in [3.63, 3.8) is 0 Å². The molecular weight excluding hydrogens is 260 g/mol. The number of nitrogens with zero attached hydrogens (tertiary/aromatic N) is 3. The topological polar surface area (TPSA) is 41.1 Å². The molecule has 1 heterocycles. The Morgan fingerprint density at radius 2 is 2.00 bits per heavy atom. The fourth-order valence-electron chi connectivity index (χ4n) is 3.18. The van der Waals surface area contributed by atoms with Crippen LogP contribution in [0.5, 0.6) is 0 Å². The van der Waals surface area contributed by atoms with Gasteiger partial charge < -0.3 is 10.2 Å². The van der Waals surface area contributed by atoms with Crippen molar-refractivity contribution in [1.82, 2.24) is 15.3 Å². The van der Waals surface area contributed by atoms with E-state index in [1.807, 2.05) is 13.2 Å². The van der Waals surface area contributed by atoms with E-state index in [1.165, 1.54) is 37.8 Å². The van der Waals surface area contributed by atoms with Crippen molar-refractivity contribution in [1.29, 1.82) is 0 Å². The van der Waals surface area contributed by atoms with Crippen LogP contribution in [0.3, 0.4) is 0 Å². The molecule has 0 bridgehead atoms. The maximum atomic E-state index is 4.76. The fourth-order valence-corrected chi connectivity index (χ4v) is 3.18. The molecule has 1 aliphatic carbocycles. The van der Waals surface area contributed by atoms with Gasteiger partial charge in [-0.3, -0.25) is 0 Å². The molecule has 0 aromatic carbocycles. The number of hydrogen-bond donors (Lipinski definition) is 1. The predicted molar refractivity (Wildman–Crippen MR) is 88.7 cm³/mol. The molecule has 0 saturated heterocycles.